The lowest BCUT2D eigenvalue weighted by Crippen LogP contribution is -2.45. The van der Waals surface area contributed by atoms with E-state index in [0.29, 0.717) is 6.54 Å². The zero-order valence-electron chi connectivity index (χ0n) is 13.3. The predicted molar refractivity (Wildman–Crippen MR) is 90.0 cm³/mol. The van der Waals surface area contributed by atoms with E-state index in [1.165, 1.54) is 0 Å². The predicted octanol–water partition coefficient (Wildman–Crippen LogP) is 2.76. The van der Waals surface area contributed by atoms with Crippen molar-refractivity contribution in [1.82, 2.24) is 4.90 Å². The first-order valence-electron chi connectivity index (χ1n) is 8.01. The van der Waals surface area contributed by atoms with Crippen LogP contribution in [0.25, 0.3) is 0 Å². The van der Waals surface area contributed by atoms with Gasteiger partial charge in [-0.15, -0.1) is 0 Å². The number of amides is 1. The minimum atomic E-state index is -0.713. The maximum absolute atomic E-state index is 13.2. The lowest BCUT2D eigenvalue weighted by molar-refractivity contribution is -0.136. The molecule has 0 aliphatic carbocycles. The Balaban J connectivity index is 1.93. The minimum absolute atomic E-state index is 0.0554. The number of carbonyl (C=O) groups is 2. The van der Waals surface area contributed by atoms with Crippen molar-refractivity contribution in [3.05, 3.63) is 71.8 Å². The summed E-state index contributed by atoms with van der Waals surface area (Å²) in [5.74, 6) is -1.26. The summed E-state index contributed by atoms with van der Waals surface area (Å²) in [5, 5.41) is 9.12. The number of benzene rings is 2. The van der Waals surface area contributed by atoms with Gasteiger partial charge in [-0.05, 0) is 11.1 Å². The normalized spacial score (nSPS) is 17.6. The molecule has 4 nitrogen and oxygen atoms in total. The number of likely N-dealkylation sites (tertiary alicyclic amines) is 1. The van der Waals surface area contributed by atoms with Crippen molar-refractivity contribution in [2.75, 3.05) is 13.1 Å². The summed E-state index contributed by atoms with van der Waals surface area (Å²) in [5.41, 5.74) is 1.83. The molecule has 1 heterocycles. The Morgan fingerprint density at radius 2 is 1.58 bits per heavy atom. The quantitative estimate of drug-likeness (QED) is 0.874. The monoisotopic (exact) mass is 318 g/mol. The molecule has 0 N–H and O–H groups in total. The van der Waals surface area contributed by atoms with Crippen molar-refractivity contribution in [3.8, 4) is 6.07 Å². The number of ketones is 1. The van der Waals surface area contributed by atoms with E-state index >= 15 is 0 Å². The molecular weight excluding hydrogens is 300 g/mol. The van der Waals surface area contributed by atoms with Gasteiger partial charge < -0.3 is 4.90 Å². The highest BCUT2D eigenvalue weighted by atomic mass is 16.2. The second-order valence-electron chi connectivity index (χ2n) is 5.94. The molecule has 0 radical (unpaired) electrons. The molecule has 2 aromatic rings. The largest absolute Gasteiger partial charge is 0.340 e. The molecule has 1 aliphatic heterocycles. The molecule has 120 valence electrons. The van der Waals surface area contributed by atoms with Crippen LogP contribution in [0.2, 0.25) is 0 Å². The molecule has 1 fully saturated rings. The Morgan fingerprint density at radius 1 is 1.04 bits per heavy atom. The van der Waals surface area contributed by atoms with Crippen molar-refractivity contribution in [3.63, 3.8) is 0 Å². The highest BCUT2D eigenvalue weighted by molar-refractivity contribution is 5.91. The standard InChI is InChI=1S/C20H18N2O2/c21-13-17-14-22(12-11-18(17)23)20(24)19(15-7-3-1-4-8-15)16-9-5-2-6-10-16/h1-10,17,19H,11-12,14H2. The van der Waals surface area contributed by atoms with Crippen LogP contribution < -0.4 is 0 Å². The van der Waals surface area contributed by atoms with Gasteiger partial charge in [0.1, 0.15) is 5.92 Å². The van der Waals surface area contributed by atoms with E-state index in [4.69, 9.17) is 5.26 Å². The van der Waals surface area contributed by atoms with Crippen LogP contribution >= 0.6 is 0 Å². The lowest BCUT2D eigenvalue weighted by atomic mass is 9.88. The van der Waals surface area contributed by atoms with Gasteiger partial charge in [-0.25, -0.2) is 0 Å². The van der Waals surface area contributed by atoms with Crippen molar-refractivity contribution >= 4 is 11.7 Å². The summed E-state index contributed by atoms with van der Waals surface area (Å²) in [4.78, 5) is 26.6. The van der Waals surface area contributed by atoms with Gasteiger partial charge in [0.05, 0.1) is 12.0 Å². The van der Waals surface area contributed by atoms with Crippen LogP contribution in [0.5, 0.6) is 0 Å². The van der Waals surface area contributed by atoms with Gasteiger partial charge in [-0.1, -0.05) is 60.7 Å². The summed E-state index contributed by atoms with van der Waals surface area (Å²) >= 11 is 0. The molecule has 2 aromatic carbocycles. The fourth-order valence-corrected chi connectivity index (χ4v) is 3.10. The maximum Gasteiger partial charge on any atom is 0.234 e. The third kappa shape index (κ3) is 3.21. The van der Waals surface area contributed by atoms with Crippen LogP contribution in [0.1, 0.15) is 23.5 Å². The van der Waals surface area contributed by atoms with Crippen LogP contribution in [-0.4, -0.2) is 29.7 Å². The fraction of sp³-hybridized carbons (Fsp3) is 0.250. The van der Waals surface area contributed by atoms with Gasteiger partial charge in [-0.2, -0.15) is 5.26 Å². The molecule has 1 unspecified atom stereocenters. The Labute approximate surface area is 141 Å². The van der Waals surface area contributed by atoms with Gasteiger partial charge in [0, 0.05) is 19.5 Å². The molecule has 0 bridgehead atoms. The first-order valence-corrected chi connectivity index (χ1v) is 8.01. The van der Waals surface area contributed by atoms with Crippen LogP contribution in [0, 0.1) is 17.2 Å². The number of carbonyl (C=O) groups excluding carboxylic acids is 2. The summed E-state index contributed by atoms with van der Waals surface area (Å²) < 4.78 is 0. The van der Waals surface area contributed by atoms with E-state index in [1.54, 1.807) is 4.90 Å². The number of nitrogens with zero attached hydrogens (tertiary/aromatic N) is 2. The summed E-state index contributed by atoms with van der Waals surface area (Å²) in [6, 6.07) is 21.2. The average molecular weight is 318 g/mol. The highest BCUT2D eigenvalue weighted by Gasteiger charge is 2.34. The summed E-state index contributed by atoms with van der Waals surface area (Å²) in [7, 11) is 0. The summed E-state index contributed by atoms with van der Waals surface area (Å²) in [6.07, 6.45) is 0.250. The second-order valence-corrected chi connectivity index (χ2v) is 5.94. The zero-order chi connectivity index (χ0) is 16.9. The first kappa shape index (κ1) is 15.9. The first-order chi connectivity index (χ1) is 11.7. The topological polar surface area (TPSA) is 61.2 Å². The van der Waals surface area contributed by atoms with Crippen LogP contribution in [0.4, 0.5) is 0 Å². The van der Waals surface area contributed by atoms with Crippen molar-refractivity contribution in [1.29, 1.82) is 5.26 Å². The smallest absolute Gasteiger partial charge is 0.234 e. The third-order valence-electron chi connectivity index (χ3n) is 4.40. The molecule has 0 saturated carbocycles. The molecule has 24 heavy (non-hydrogen) atoms. The molecule has 1 aliphatic rings. The fourth-order valence-electron chi connectivity index (χ4n) is 3.10. The summed E-state index contributed by atoms with van der Waals surface area (Å²) in [6.45, 7) is 0.566. The Kier molecular flexibility index (Phi) is 4.72. The minimum Gasteiger partial charge on any atom is -0.340 e. The lowest BCUT2D eigenvalue weighted by Gasteiger charge is -2.32. The SMILES string of the molecule is N#CC1CN(C(=O)C(c2ccccc2)c2ccccc2)CCC1=O. The van der Waals surface area contributed by atoms with Crippen molar-refractivity contribution in [2.24, 2.45) is 5.92 Å². The van der Waals surface area contributed by atoms with Crippen LogP contribution in [0.3, 0.4) is 0 Å². The average Bonchev–Trinajstić information content (AvgIpc) is 2.64. The molecule has 0 spiro atoms. The maximum atomic E-state index is 13.2. The molecule has 1 atom stereocenters. The Hall–Kier alpha value is -2.93. The highest BCUT2D eigenvalue weighted by Crippen LogP contribution is 2.28. The van der Waals surface area contributed by atoms with Crippen LogP contribution in [-0.2, 0) is 9.59 Å². The number of piperidine rings is 1. The number of rotatable bonds is 3. The number of nitriles is 1. The molecule has 4 heteroatoms. The third-order valence-corrected chi connectivity index (χ3v) is 4.40. The molecule has 0 aromatic heterocycles. The van der Waals surface area contributed by atoms with E-state index < -0.39 is 11.8 Å². The molecule has 1 amide bonds. The van der Waals surface area contributed by atoms with Gasteiger partial charge in [0.2, 0.25) is 5.91 Å². The van der Waals surface area contributed by atoms with E-state index in [0.717, 1.165) is 11.1 Å². The van der Waals surface area contributed by atoms with Gasteiger partial charge in [0.15, 0.2) is 5.78 Å². The Morgan fingerprint density at radius 3 is 2.08 bits per heavy atom. The van der Waals surface area contributed by atoms with E-state index in [2.05, 4.69) is 0 Å². The van der Waals surface area contributed by atoms with E-state index in [-0.39, 0.29) is 24.7 Å². The van der Waals surface area contributed by atoms with Crippen molar-refractivity contribution < 1.29 is 9.59 Å². The van der Waals surface area contributed by atoms with Gasteiger partial charge in [0.25, 0.3) is 0 Å². The molecular formula is C20H18N2O2. The molecule has 3 rings (SSSR count). The number of Topliss-reactive ketones (excluding diaryl/α,β-unsaturated/α-hetero) is 1. The van der Waals surface area contributed by atoms with Crippen LogP contribution in [0.15, 0.2) is 60.7 Å². The van der Waals surface area contributed by atoms with Gasteiger partial charge in [-0.3, -0.25) is 9.59 Å². The van der Waals surface area contributed by atoms with Crippen molar-refractivity contribution in [2.45, 2.75) is 12.3 Å². The number of hydrogen-bond donors (Lipinski definition) is 0. The van der Waals surface area contributed by atoms with E-state index in [9.17, 15) is 9.59 Å². The number of hydrogen-bond acceptors (Lipinski definition) is 3. The Bertz CT molecular complexity index is 726. The molecule has 1 saturated heterocycles. The zero-order valence-corrected chi connectivity index (χ0v) is 13.3. The van der Waals surface area contributed by atoms with Gasteiger partial charge >= 0.3 is 0 Å². The second kappa shape index (κ2) is 7.10. The van der Waals surface area contributed by atoms with E-state index in [1.807, 2.05) is 66.7 Å².